The number of ether oxygens (including phenoxy) is 1. The van der Waals surface area contributed by atoms with E-state index in [2.05, 4.69) is 133 Å². The van der Waals surface area contributed by atoms with Crippen LogP contribution in [0, 0.1) is 0 Å². The summed E-state index contributed by atoms with van der Waals surface area (Å²) in [4.78, 5) is 19.6. The van der Waals surface area contributed by atoms with Crippen molar-refractivity contribution >= 4 is 10.9 Å². The molecule has 280 valence electrons. The van der Waals surface area contributed by atoms with Gasteiger partial charge in [-0.05, 0) is 57.1 Å². The SMILES string of the molecule is c1ccc(-c2nc(-c3ccccc3)nc(-c3ccc(-c4ccc5c(c4)Oc4cc(-c6cccc7cccnc67)ccc4C54c5ccccc5-c5ccccc54)cc3)n2)cc1. The molecule has 0 radical (unpaired) electrons. The van der Waals surface area contributed by atoms with Gasteiger partial charge in [-0.3, -0.25) is 4.98 Å². The van der Waals surface area contributed by atoms with Gasteiger partial charge in [0, 0.05) is 45.0 Å². The smallest absolute Gasteiger partial charge is 0.164 e. The van der Waals surface area contributed by atoms with Gasteiger partial charge in [-0.15, -0.1) is 0 Å². The van der Waals surface area contributed by atoms with Gasteiger partial charge in [-0.1, -0.05) is 182 Å². The molecule has 0 N–H and O–H groups in total. The monoisotopic (exact) mass is 766 g/mol. The summed E-state index contributed by atoms with van der Waals surface area (Å²) in [6.07, 6.45) is 1.86. The topological polar surface area (TPSA) is 60.8 Å². The lowest BCUT2D eigenvalue weighted by molar-refractivity contribution is 0.437. The molecule has 0 bridgehead atoms. The first-order valence-corrected chi connectivity index (χ1v) is 20.2. The molecule has 1 aliphatic carbocycles. The molecule has 0 fully saturated rings. The van der Waals surface area contributed by atoms with E-state index in [9.17, 15) is 0 Å². The van der Waals surface area contributed by atoms with E-state index >= 15 is 0 Å². The van der Waals surface area contributed by atoms with Crippen molar-refractivity contribution in [3.8, 4) is 79.0 Å². The molecule has 8 aromatic carbocycles. The second-order valence-electron chi connectivity index (χ2n) is 15.4. The third-order valence-electron chi connectivity index (χ3n) is 12.1. The molecule has 3 heterocycles. The first kappa shape index (κ1) is 34.1. The molecule has 0 amide bonds. The summed E-state index contributed by atoms with van der Waals surface area (Å²) in [6, 6.07) is 70.2. The molecule has 1 spiro atoms. The highest BCUT2D eigenvalue weighted by Crippen LogP contribution is 2.62. The summed E-state index contributed by atoms with van der Waals surface area (Å²) in [5.74, 6) is 3.57. The molecule has 5 nitrogen and oxygen atoms in total. The van der Waals surface area contributed by atoms with Crippen molar-refractivity contribution in [1.29, 1.82) is 0 Å². The fourth-order valence-electron chi connectivity index (χ4n) is 9.35. The van der Waals surface area contributed by atoms with Crippen LogP contribution >= 0.6 is 0 Å². The molecule has 0 saturated heterocycles. The first-order chi connectivity index (χ1) is 29.7. The van der Waals surface area contributed by atoms with E-state index in [0.717, 1.165) is 72.5 Å². The Morgan fingerprint density at radius 3 is 1.42 bits per heavy atom. The van der Waals surface area contributed by atoms with Crippen LogP contribution in [0.5, 0.6) is 11.5 Å². The number of aromatic nitrogens is 4. The van der Waals surface area contributed by atoms with Crippen molar-refractivity contribution < 1.29 is 4.74 Å². The van der Waals surface area contributed by atoms with Crippen LogP contribution in [0.2, 0.25) is 0 Å². The van der Waals surface area contributed by atoms with E-state index < -0.39 is 5.41 Å². The molecule has 2 aromatic heterocycles. The zero-order valence-corrected chi connectivity index (χ0v) is 32.3. The Morgan fingerprint density at radius 1 is 0.333 bits per heavy atom. The summed E-state index contributed by atoms with van der Waals surface area (Å²) < 4.78 is 7.09. The number of hydrogen-bond acceptors (Lipinski definition) is 5. The van der Waals surface area contributed by atoms with Crippen LogP contribution in [0.25, 0.3) is 78.4 Å². The molecule has 1 aliphatic heterocycles. The third-order valence-corrected chi connectivity index (χ3v) is 12.1. The maximum Gasteiger partial charge on any atom is 0.164 e. The predicted molar refractivity (Wildman–Crippen MR) is 240 cm³/mol. The minimum atomic E-state index is -0.570. The molecule has 12 rings (SSSR count). The lowest BCUT2D eigenvalue weighted by Crippen LogP contribution is -2.32. The number of nitrogens with zero attached hydrogens (tertiary/aromatic N) is 4. The van der Waals surface area contributed by atoms with Crippen molar-refractivity contribution in [1.82, 2.24) is 19.9 Å². The Labute approximate surface area is 347 Å². The van der Waals surface area contributed by atoms with Gasteiger partial charge in [0.25, 0.3) is 0 Å². The molecule has 10 aromatic rings. The Bertz CT molecular complexity index is 3180. The second-order valence-corrected chi connectivity index (χ2v) is 15.4. The standard InChI is InChI=1S/C55H34N4O/c1-3-13-37(14-4-1)52-57-53(38-15-5-2-6-16-38)59-54(58-52)39-26-24-35(25-27-39)40-28-30-47-49(33-40)60-50-34-41(42-21-11-17-36-18-12-32-56-51(36)42)29-31-48(50)55(47)45-22-9-7-19-43(45)44-20-8-10-23-46(44)55/h1-34H. The van der Waals surface area contributed by atoms with Crippen molar-refractivity contribution in [2.24, 2.45) is 0 Å². The summed E-state index contributed by atoms with van der Waals surface area (Å²) in [5.41, 5.74) is 14.7. The number of benzene rings is 8. The minimum absolute atomic E-state index is 0.570. The van der Waals surface area contributed by atoms with Gasteiger partial charge in [0.2, 0.25) is 0 Å². The van der Waals surface area contributed by atoms with E-state index in [1.54, 1.807) is 0 Å². The summed E-state index contributed by atoms with van der Waals surface area (Å²) in [6.45, 7) is 0. The Morgan fingerprint density at radius 2 is 0.800 bits per heavy atom. The van der Waals surface area contributed by atoms with Gasteiger partial charge < -0.3 is 4.74 Å². The van der Waals surface area contributed by atoms with Crippen LogP contribution in [-0.2, 0) is 5.41 Å². The van der Waals surface area contributed by atoms with Crippen LogP contribution in [0.4, 0.5) is 0 Å². The molecule has 0 saturated carbocycles. The van der Waals surface area contributed by atoms with E-state index in [-0.39, 0.29) is 0 Å². The lowest BCUT2D eigenvalue weighted by atomic mass is 9.65. The fraction of sp³-hybridized carbons (Fsp3) is 0.0182. The Kier molecular flexibility index (Phi) is 7.69. The lowest BCUT2D eigenvalue weighted by Gasteiger charge is -2.39. The van der Waals surface area contributed by atoms with Crippen LogP contribution in [0.3, 0.4) is 0 Å². The molecule has 2 aliphatic rings. The highest BCUT2D eigenvalue weighted by atomic mass is 16.5. The van der Waals surface area contributed by atoms with Crippen molar-refractivity contribution in [2.45, 2.75) is 5.41 Å². The molecular formula is C55H34N4O. The number of rotatable bonds is 5. The van der Waals surface area contributed by atoms with Crippen LogP contribution in [0.15, 0.2) is 206 Å². The highest BCUT2D eigenvalue weighted by Gasteiger charge is 2.51. The van der Waals surface area contributed by atoms with E-state index in [1.165, 1.54) is 22.3 Å². The summed E-state index contributed by atoms with van der Waals surface area (Å²) in [5, 5.41) is 1.11. The Balaban J connectivity index is 0.992. The quantitative estimate of drug-likeness (QED) is 0.175. The van der Waals surface area contributed by atoms with Gasteiger partial charge >= 0.3 is 0 Å². The zero-order valence-electron chi connectivity index (χ0n) is 32.3. The average molecular weight is 767 g/mol. The molecular weight excluding hydrogens is 733 g/mol. The van der Waals surface area contributed by atoms with Gasteiger partial charge in [0.15, 0.2) is 17.5 Å². The normalized spacial score (nSPS) is 12.9. The van der Waals surface area contributed by atoms with Gasteiger partial charge in [-0.2, -0.15) is 0 Å². The molecule has 5 heteroatoms. The average Bonchev–Trinajstić information content (AvgIpc) is 3.62. The van der Waals surface area contributed by atoms with Gasteiger partial charge in [0.05, 0.1) is 10.9 Å². The fourth-order valence-corrected chi connectivity index (χ4v) is 9.35. The number of fused-ring (bicyclic) bond motifs is 10. The number of para-hydroxylation sites is 1. The molecule has 60 heavy (non-hydrogen) atoms. The van der Waals surface area contributed by atoms with Crippen molar-refractivity contribution in [3.63, 3.8) is 0 Å². The first-order valence-electron chi connectivity index (χ1n) is 20.2. The zero-order chi connectivity index (χ0) is 39.6. The summed E-state index contributed by atoms with van der Waals surface area (Å²) >= 11 is 0. The maximum absolute atomic E-state index is 7.09. The minimum Gasteiger partial charge on any atom is -0.457 e. The Hall–Kier alpha value is -8.02. The van der Waals surface area contributed by atoms with Gasteiger partial charge in [-0.25, -0.2) is 15.0 Å². The van der Waals surface area contributed by atoms with Gasteiger partial charge in [0.1, 0.15) is 11.5 Å². The van der Waals surface area contributed by atoms with E-state index in [1.807, 2.05) is 72.9 Å². The molecule has 0 atom stereocenters. The number of pyridine rings is 1. The number of hydrogen-bond donors (Lipinski definition) is 0. The van der Waals surface area contributed by atoms with E-state index in [0.29, 0.717) is 17.5 Å². The maximum atomic E-state index is 7.09. The predicted octanol–water partition coefficient (Wildman–Crippen LogP) is 13.2. The van der Waals surface area contributed by atoms with Crippen LogP contribution in [0.1, 0.15) is 22.3 Å². The summed E-state index contributed by atoms with van der Waals surface area (Å²) in [7, 11) is 0. The third kappa shape index (κ3) is 5.26. The van der Waals surface area contributed by atoms with Crippen LogP contribution in [-0.4, -0.2) is 19.9 Å². The molecule has 0 unspecified atom stereocenters. The van der Waals surface area contributed by atoms with Crippen molar-refractivity contribution in [3.05, 3.63) is 229 Å². The second kappa shape index (κ2) is 13.5. The van der Waals surface area contributed by atoms with E-state index in [4.69, 9.17) is 24.7 Å². The largest absolute Gasteiger partial charge is 0.457 e. The van der Waals surface area contributed by atoms with Crippen LogP contribution < -0.4 is 4.74 Å². The highest BCUT2D eigenvalue weighted by molar-refractivity contribution is 5.95. The van der Waals surface area contributed by atoms with Crippen molar-refractivity contribution in [2.75, 3.05) is 0 Å².